The Morgan fingerprint density at radius 3 is 2.95 bits per heavy atom. The number of carboxylic acids is 1. The third kappa shape index (κ3) is 2.44. The van der Waals surface area contributed by atoms with Crippen LogP contribution in [0.15, 0.2) is 28.7 Å². The van der Waals surface area contributed by atoms with Crippen LogP contribution < -0.4 is 5.32 Å². The molecule has 6 heteroatoms. The van der Waals surface area contributed by atoms with Crippen LogP contribution in [0.5, 0.6) is 0 Å². The topological polar surface area (TPSA) is 75.1 Å². The van der Waals surface area contributed by atoms with E-state index < -0.39 is 5.97 Å². The highest BCUT2D eigenvalue weighted by atomic mass is 79.9. The summed E-state index contributed by atoms with van der Waals surface area (Å²) in [4.78, 5) is 20.2. The highest BCUT2D eigenvalue weighted by Gasteiger charge is 2.22. The van der Waals surface area contributed by atoms with Crippen molar-refractivity contribution in [3.05, 3.63) is 45.7 Å². The minimum absolute atomic E-state index is 0.117. The van der Waals surface area contributed by atoms with Gasteiger partial charge in [0.1, 0.15) is 0 Å². The van der Waals surface area contributed by atoms with Crippen molar-refractivity contribution >= 4 is 21.9 Å². The Kier molecular flexibility index (Phi) is 3.50. The molecule has 1 aromatic carbocycles. The Morgan fingerprint density at radius 2 is 2.20 bits per heavy atom. The van der Waals surface area contributed by atoms with E-state index in [0.717, 1.165) is 27.8 Å². The maximum Gasteiger partial charge on any atom is 0.354 e. The smallest absolute Gasteiger partial charge is 0.354 e. The van der Waals surface area contributed by atoms with Gasteiger partial charge >= 0.3 is 5.97 Å². The van der Waals surface area contributed by atoms with E-state index in [1.54, 1.807) is 0 Å². The van der Waals surface area contributed by atoms with Gasteiger partial charge in [-0.05, 0) is 25.1 Å². The lowest BCUT2D eigenvalue weighted by Crippen LogP contribution is -2.27. The molecule has 5 nitrogen and oxygen atoms in total. The molecular formula is C14H12BrN3O2. The molecule has 0 saturated heterocycles. The van der Waals surface area contributed by atoms with Gasteiger partial charge in [0, 0.05) is 22.1 Å². The van der Waals surface area contributed by atoms with Crippen LogP contribution in [-0.2, 0) is 13.0 Å². The van der Waals surface area contributed by atoms with Crippen molar-refractivity contribution in [3.8, 4) is 11.4 Å². The van der Waals surface area contributed by atoms with E-state index in [1.807, 2.05) is 24.3 Å². The van der Waals surface area contributed by atoms with Crippen LogP contribution in [0.1, 0.15) is 21.7 Å². The molecule has 0 atom stereocenters. The van der Waals surface area contributed by atoms with Gasteiger partial charge in [-0.3, -0.25) is 0 Å². The van der Waals surface area contributed by atoms with E-state index in [4.69, 9.17) is 0 Å². The Hall–Kier alpha value is -1.79. The monoisotopic (exact) mass is 333 g/mol. The van der Waals surface area contributed by atoms with Crippen LogP contribution in [0.4, 0.5) is 0 Å². The van der Waals surface area contributed by atoms with Gasteiger partial charge in [0.25, 0.3) is 0 Å². The molecule has 20 heavy (non-hydrogen) atoms. The first-order valence-corrected chi connectivity index (χ1v) is 7.04. The van der Waals surface area contributed by atoms with E-state index in [2.05, 4.69) is 31.2 Å². The van der Waals surface area contributed by atoms with E-state index in [1.165, 1.54) is 0 Å². The number of hydrogen-bond acceptors (Lipinski definition) is 4. The van der Waals surface area contributed by atoms with Gasteiger partial charge in [-0.1, -0.05) is 28.1 Å². The summed E-state index contributed by atoms with van der Waals surface area (Å²) in [6.07, 6.45) is 0.649. The van der Waals surface area contributed by atoms with Gasteiger partial charge in [-0.15, -0.1) is 0 Å². The lowest BCUT2D eigenvalue weighted by molar-refractivity contribution is 0.0688. The Morgan fingerprint density at radius 1 is 1.35 bits per heavy atom. The Balaban J connectivity index is 2.17. The third-order valence-corrected chi connectivity index (χ3v) is 3.72. The van der Waals surface area contributed by atoms with Gasteiger partial charge in [-0.2, -0.15) is 0 Å². The Bertz CT molecular complexity index is 688. The summed E-state index contributed by atoms with van der Waals surface area (Å²) in [7, 11) is 0. The second-order valence-corrected chi connectivity index (χ2v) is 5.48. The van der Waals surface area contributed by atoms with Crippen LogP contribution in [-0.4, -0.2) is 27.6 Å². The van der Waals surface area contributed by atoms with Crippen LogP contribution in [0.3, 0.4) is 0 Å². The largest absolute Gasteiger partial charge is 0.476 e. The first-order chi connectivity index (χ1) is 9.65. The molecule has 0 amide bonds. The van der Waals surface area contributed by atoms with Gasteiger partial charge < -0.3 is 10.4 Å². The molecule has 102 valence electrons. The van der Waals surface area contributed by atoms with E-state index >= 15 is 0 Å². The number of rotatable bonds is 2. The second kappa shape index (κ2) is 5.30. The standard InChI is InChI=1S/C14H12BrN3O2/c15-9-3-1-2-8(6-9)13-17-11-7-16-5-4-10(11)12(18-13)14(19)20/h1-3,6,16H,4-5,7H2,(H,19,20). The Labute approximate surface area is 124 Å². The molecule has 0 bridgehead atoms. The van der Waals surface area contributed by atoms with Crippen LogP contribution in [0.25, 0.3) is 11.4 Å². The number of aromatic carboxylic acids is 1. The second-order valence-electron chi connectivity index (χ2n) is 4.56. The lowest BCUT2D eigenvalue weighted by Gasteiger charge is -2.18. The molecular weight excluding hydrogens is 322 g/mol. The third-order valence-electron chi connectivity index (χ3n) is 3.22. The molecule has 3 rings (SSSR count). The maximum absolute atomic E-state index is 11.4. The molecule has 0 radical (unpaired) electrons. The number of benzene rings is 1. The summed E-state index contributed by atoms with van der Waals surface area (Å²) in [6.45, 7) is 1.34. The zero-order chi connectivity index (χ0) is 14.1. The van der Waals surface area contributed by atoms with E-state index in [-0.39, 0.29) is 5.69 Å². The fourth-order valence-electron chi connectivity index (χ4n) is 2.29. The number of hydrogen-bond donors (Lipinski definition) is 2. The molecule has 0 aliphatic carbocycles. The van der Waals surface area contributed by atoms with E-state index in [9.17, 15) is 9.90 Å². The zero-order valence-electron chi connectivity index (χ0n) is 10.6. The molecule has 0 spiro atoms. The molecule has 0 unspecified atom stereocenters. The minimum Gasteiger partial charge on any atom is -0.476 e. The van der Waals surface area contributed by atoms with Crippen molar-refractivity contribution in [1.82, 2.24) is 15.3 Å². The SMILES string of the molecule is O=C(O)c1nc(-c2cccc(Br)c2)nc2c1CCNC2. The summed E-state index contributed by atoms with van der Waals surface area (Å²) in [5, 5.41) is 12.6. The number of nitrogens with zero attached hydrogens (tertiary/aromatic N) is 2. The fourth-order valence-corrected chi connectivity index (χ4v) is 2.69. The number of fused-ring (bicyclic) bond motifs is 1. The number of carbonyl (C=O) groups is 1. The molecule has 2 heterocycles. The molecule has 2 aromatic rings. The fraction of sp³-hybridized carbons (Fsp3) is 0.214. The van der Waals surface area contributed by atoms with Crippen LogP contribution >= 0.6 is 15.9 Å². The highest BCUT2D eigenvalue weighted by Crippen LogP contribution is 2.24. The van der Waals surface area contributed by atoms with Gasteiger partial charge in [-0.25, -0.2) is 14.8 Å². The molecule has 2 N–H and O–H groups in total. The van der Waals surface area contributed by atoms with Crippen molar-refractivity contribution < 1.29 is 9.90 Å². The molecule has 0 fully saturated rings. The summed E-state index contributed by atoms with van der Waals surface area (Å²) in [5.41, 5.74) is 2.44. The van der Waals surface area contributed by atoms with Crippen molar-refractivity contribution in [2.24, 2.45) is 0 Å². The zero-order valence-corrected chi connectivity index (χ0v) is 12.1. The average molecular weight is 334 g/mol. The van der Waals surface area contributed by atoms with E-state index in [0.29, 0.717) is 18.8 Å². The first-order valence-electron chi connectivity index (χ1n) is 6.25. The number of halogens is 1. The van der Waals surface area contributed by atoms with Crippen LogP contribution in [0.2, 0.25) is 0 Å². The molecule has 1 aliphatic heterocycles. The summed E-state index contributed by atoms with van der Waals surface area (Å²) in [5.74, 6) is -0.548. The lowest BCUT2D eigenvalue weighted by atomic mass is 10.0. The molecule has 1 aromatic heterocycles. The average Bonchev–Trinajstić information content (AvgIpc) is 2.46. The predicted molar refractivity (Wildman–Crippen MR) is 77.5 cm³/mol. The maximum atomic E-state index is 11.4. The predicted octanol–water partition coefficient (Wildman–Crippen LogP) is 2.25. The summed E-state index contributed by atoms with van der Waals surface area (Å²) >= 11 is 3.40. The number of aromatic nitrogens is 2. The van der Waals surface area contributed by atoms with Crippen molar-refractivity contribution in [2.75, 3.05) is 6.54 Å². The van der Waals surface area contributed by atoms with Crippen LogP contribution in [0, 0.1) is 0 Å². The number of carboxylic acid groups (broad SMARTS) is 1. The summed E-state index contributed by atoms with van der Waals surface area (Å²) < 4.78 is 0.909. The molecule has 0 saturated carbocycles. The van der Waals surface area contributed by atoms with Crippen molar-refractivity contribution in [3.63, 3.8) is 0 Å². The molecule has 1 aliphatic rings. The quantitative estimate of drug-likeness (QED) is 0.881. The van der Waals surface area contributed by atoms with Crippen molar-refractivity contribution in [2.45, 2.75) is 13.0 Å². The summed E-state index contributed by atoms with van der Waals surface area (Å²) in [6, 6.07) is 7.53. The van der Waals surface area contributed by atoms with Crippen molar-refractivity contribution in [1.29, 1.82) is 0 Å². The highest BCUT2D eigenvalue weighted by molar-refractivity contribution is 9.10. The van der Waals surface area contributed by atoms with Gasteiger partial charge in [0.05, 0.1) is 5.69 Å². The normalized spacial score (nSPS) is 13.8. The number of nitrogens with one attached hydrogen (secondary N) is 1. The van der Waals surface area contributed by atoms with Gasteiger partial charge in [0.15, 0.2) is 11.5 Å². The van der Waals surface area contributed by atoms with Gasteiger partial charge in [0.2, 0.25) is 0 Å². The first kappa shape index (κ1) is 13.2. The minimum atomic E-state index is -0.998.